The summed E-state index contributed by atoms with van der Waals surface area (Å²) in [6.07, 6.45) is 1.10. The van der Waals surface area contributed by atoms with Crippen molar-refractivity contribution in [1.29, 1.82) is 0 Å². The second kappa shape index (κ2) is 8.28. The molecule has 3 N–H and O–H groups in total. The number of carbonyl (C=O) groups excluding carboxylic acids is 2. The van der Waals surface area contributed by atoms with Crippen LogP contribution in [-0.4, -0.2) is 23.6 Å². The maximum atomic E-state index is 12.9. The van der Waals surface area contributed by atoms with Gasteiger partial charge in [0.2, 0.25) is 5.91 Å². The minimum absolute atomic E-state index is 0.273. The number of ether oxygens (including phenoxy) is 1. The maximum Gasteiger partial charge on any atom is 0.337 e. The molecule has 0 saturated carbocycles. The van der Waals surface area contributed by atoms with Crippen LogP contribution in [-0.2, 0) is 16.0 Å². The Hall–Kier alpha value is -3.58. The summed E-state index contributed by atoms with van der Waals surface area (Å²) >= 11 is 6.08. The number of anilines is 2. The normalized spacial score (nSPS) is 14.7. The number of fused-ring (bicyclic) bond motifs is 1. The second-order valence-corrected chi connectivity index (χ2v) is 7.72. The molecule has 0 unspecified atom stereocenters. The van der Waals surface area contributed by atoms with Crippen LogP contribution in [0.2, 0.25) is 5.02 Å². The number of benzene rings is 2. The number of aromatic nitrogens is 1. The van der Waals surface area contributed by atoms with Crippen LogP contribution in [0.25, 0.3) is 11.1 Å². The van der Waals surface area contributed by atoms with Gasteiger partial charge >= 0.3 is 5.97 Å². The van der Waals surface area contributed by atoms with E-state index in [4.69, 9.17) is 17.3 Å². The Kier molecular flexibility index (Phi) is 5.52. The van der Waals surface area contributed by atoms with E-state index in [1.54, 1.807) is 42.5 Å². The van der Waals surface area contributed by atoms with E-state index in [1.165, 1.54) is 17.7 Å². The van der Waals surface area contributed by atoms with Gasteiger partial charge in [-0.3, -0.25) is 9.59 Å². The van der Waals surface area contributed by atoms with Crippen molar-refractivity contribution in [2.24, 2.45) is 0 Å². The Labute approximate surface area is 183 Å². The van der Waals surface area contributed by atoms with Crippen LogP contribution in [0.5, 0.6) is 0 Å². The van der Waals surface area contributed by atoms with Gasteiger partial charge in [0.25, 0.3) is 5.56 Å². The molecule has 0 bridgehead atoms. The van der Waals surface area contributed by atoms with Gasteiger partial charge in [-0.15, -0.1) is 0 Å². The number of esters is 1. The quantitative estimate of drug-likeness (QED) is 0.479. The predicted molar refractivity (Wildman–Crippen MR) is 119 cm³/mol. The lowest BCUT2D eigenvalue weighted by Gasteiger charge is -2.16. The fraction of sp³-hybridized carbons (Fsp3) is 0.174. The second-order valence-electron chi connectivity index (χ2n) is 7.29. The van der Waals surface area contributed by atoms with Crippen LogP contribution in [0.1, 0.15) is 28.5 Å². The van der Waals surface area contributed by atoms with E-state index >= 15 is 0 Å². The number of rotatable bonds is 4. The fourth-order valence-corrected chi connectivity index (χ4v) is 3.98. The molecular formula is C23H20ClN3O4. The van der Waals surface area contributed by atoms with Gasteiger partial charge in [-0.05, 0) is 66.9 Å². The molecule has 4 rings (SSSR count). The molecule has 0 aliphatic carbocycles. The molecule has 158 valence electrons. The molecule has 7 nitrogen and oxygen atoms in total. The van der Waals surface area contributed by atoms with Crippen molar-refractivity contribution in [2.75, 3.05) is 18.2 Å². The van der Waals surface area contributed by atoms with Gasteiger partial charge in [0.05, 0.1) is 12.7 Å². The molecule has 0 spiro atoms. The van der Waals surface area contributed by atoms with E-state index in [0.29, 0.717) is 45.9 Å². The molecule has 0 fully saturated rings. The highest BCUT2D eigenvalue weighted by molar-refractivity contribution is 6.31. The highest BCUT2D eigenvalue weighted by Gasteiger charge is 2.30. The molecule has 2 heterocycles. The first-order valence-corrected chi connectivity index (χ1v) is 10.1. The number of hydrogen-bond acceptors (Lipinski definition) is 5. The van der Waals surface area contributed by atoms with Crippen LogP contribution in [0.15, 0.2) is 59.4 Å². The molecule has 1 amide bonds. The van der Waals surface area contributed by atoms with Gasteiger partial charge in [-0.2, -0.15) is 0 Å². The lowest BCUT2D eigenvalue weighted by Crippen LogP contribution is -2.31. The number of methoxy groups -OCH3 is 1. The minimum Gasteiger partial charge on any atom is -0.465 e. The molecule has 8 heteroatoms. The summed E-state index contributed by atoms with van der Waals surface area (Å²) in [6.45, 7) is 0. The SMILES string of the molecule is COC(=O)c1ccc(NC(=O)[C@@H]2CCc3cc(-c4cc(Cl)ccc4N)cc(=O)n32)cc1. The molecule has 1 atom stereocenters. The van der Waals surface area contributed by atoms with Crippen LogP contribution in [0, 0.1) is 0 Å². The highest BCUT2D eigenvalue weighted by atomic mass is 35.5. The zero-order chi connectivity index (χ0) is 22.1. The number of nitrogens with zero attached hydrogens (tertiary/aromatic N) is 1. The maximum absolute atomic E-state index is 12.9. The first-order valence-electron chi connectivity index (χ1n) is 9.67. The zero-order valence-corrected chi connectivity index (χ0v) is 17.5. The Morgan fingerprint density at radius 1 is 1.13 bits per heavy atom. The number of nitrogens with two attached hydrogens (primary N) is 1. The summed E-state index contributed by atoms with van der Waals surface area (Å²) in [5.41, 5.74) is 9.35. The predicted octanol–water partition coefficient (Wildman–Crippen LogP) is 3.66. The molecule has 1 aliphatic heterocycles. The van der Waals surface area contributed by atoms with Crippen LogP contribution < -0.4 is 16.6 Å². The summed E-state index contributed by atoms with van der Waals surface area (Å²) in [4.78, 5) is 37.3. The third kappa shape index (κ3) is 4.04. The van der Waals surface area contributed by atoms with Crippen molar-refractivity contribution in [3.63, 3.8) is 0 Å². The van der Waals surface area contributed by atoms with Gasteiger partial charge < -0.3 is 20.4 Å². The van der Waals surface area contributed by atoms with E-state index < -0.39 is 12.0 Å². The average molecular weight is 438 g/mol. The number of halogens is 1. The van der Waals surface area contributed by atoms with Gasteiger partial charge in [0, 0.05) is 33.7 Å². The number of nitrogen functional groups attached to an aromatic ring is 1. The average Bonchev–Trinajstić information content (AvgIpc) is 3.20. The minimum atomic E-state index is -0.617. The Balaban J connectivity index is 1.58. The van der Waals surface area contributed by atoms with Crippen LogP contribution in [0.3, 0.4) is 0 Å². The lowest BCUT2D eigenvalue weighted by atomic mass is 10.0. The molecule has 3 aromatic rings. The third-order valence-corrected chi connectivity index (χ3v) is 5.57. The Morgan fingerprint density at radius 3 is 2.58 bits per heavy atom. The molecule has 31 heavy (non-hydrogen) atoms. The molecule has 0 saturated heterocycles. The van der Waals surface area contributed by atoms with Gasteiger partial charge in [-0.25, -0.2) is 4.79 Å². The fourth-order valence-electron chi connectivity index (χ4n) is 3.81. The van der Waals surface area contributed by atoms with Gasteiger partial charge in [0.1, 0.15) is 6.04 Å². The lowest BCUT2D eigenvalue weighted by molar-refractivity contribution is -0.119. The van der Waals surface area contributed by atoms with Gasteiger partial charge in [-0.1, -0.05) is 11.6 Å². The summed E-state index contributed by atoms with van der Waals surface area (Å²) < 4.78 is 6.18. The number of nitrogens with one attached hydrogen (secondary N) is 1. The van der Waals surface area contributed by atoms with E-state index in [9.17, 15) is 14.4 Å². The third-order valence-electron chi connectivity index (χ3n) is 5.34. The largest absolute Gasteiger partial charge is 0.465 e. The Bertz CT molecular complexity index is 1230. The number of aryl methyl sites for hydroxylation is 1. The molecule has 1 aromatic heterocycles. The monoisotopic (exact) mass is 437 g/mol. The van der Waals surface area contributed by atoms with E-state index in [2.05, 4.69) is 10.1 Å². The summed E-state index contributed by atoms with van der Waals surface area (Å²) in [5.74, 6) is -0.744. The van der Waals surface area contributed by atoms with E-state index in [-0.39, 0.29) is 11.5 Å². The summed E-state index contributed by atoms with van der Waals surface area (Å²) in [6, 6.07) is 14.2. The van der Waals surface area contributed by atoms with Crippen LogP contribution in [0.4, 0.5) is 11.4 Å². The van der Waals surface area contributed by atoms with Crippen molar-refractivity contribution >= 4 is 34.9 Å². The van der Waals surface area contributed by atoms with Crippen molar-refractivity contribution in [1.82, 2.24) is 4.57 Å². The van der Waals surface area contributed by atoms with Gasteiger partial charge in [0.15, 0.2) is 0 Å². The van der Waals surface area contributed by atoms with E-state index in [0.717, 1.165) is 5.69 Å². The smallest absolute Gasteiger partial charge is 0.337 e. The number of pyridine rings is 1. The van der Waals surface area contributed by atoms with Crippen molar-refractivity contribution < 1.29 is 14.3 Å². The first-order chi connectivity index (χ1) is 14.9. The number of amides is 1. The summed E-state index contributed by atoms with van der Waals surface area (Å²) in [7, 11) is 1.30. The van der Waals surface area contributed by atoms with Crippen molar-refractivity contribution in [3.8, 4) is 11.1 Å². The first kappa shape index (κ1) is 20.7. The van der Waals surface area contributed by atoms with E-state index in [1.807, 2.05) is 6.07 Å². The van der Waals surface area contributed by atoms with Crippen LogP contribution >= 0.6 is 11.6 Å². The summed E-state index contributed by atoms with van der Waals surface area (Å²) in [5, 5.41) is 3.34. The zero-order valence-electron chi connectivity index (χ0n) is 16.7. The molecule has 0 radical (unpaired) electrons. The topological polar surface area (TPSA) is 103 Å². The molecule has 1 aliphatic rings. The van der Waals surface area contributed by atoms with Crippen molar-refractivity contribution in [3.05, 3.63) is 81.2 Å². The highest BCUT2D eigenvalue weighted by Crippen LogP contribution is 2.32. The molecular weight excluding hydrogens is 418 g/mol. The number of hydrogen-bond donors (Lipinski definition) is 2. The standard InChI is InChI=1S/C23H20ClN3O4/c1-31-23(30)13-2-5-16(6-3-13)26-22(29)20-9-7-17-10-14(11-21(28)27(17)20)18-12-15(24)4-8-19(18)25/h2-6,8,10-12,20H,7,9,25H2,1H3,(H,26,29)/t20-/m0/s1. The molecule has 2 aromatic carbocycles. The van der Waals surface area contributed by atoms with Crippen molar-refractivity contribution in [2.45, 2.75) is 18.9 Å². The number of carbonyl (C=O) groups is 2. The Morgan fingerprint density at radius 2 is 1.87 bits per heavy atom.